The molecule has 3 aromatic carbocycles. The van der Waals surface area contributed by atoms with Crippen LogP contribution in [0.1, 0.15) is 21.6 Å². The molecule has 9 nitrogen and oxygen atoms in total. The van der Waals surface area contributed by atoms with Gasteiger partial charge in [0, 0.05) is 28.4 Å². The minimum atomic E-state index is -0.451. The summed E-state index contributed by atoms with van der Waals surface area (Å²) in [5, 5.41) is 17.1. The van der Waals surface area contributed by atoms with Gasteiger partial charge in [-0.3, -0.25) is 9.59 Å². The molecule has 0 aliphatic rings. The Morgan fingerprint density at radius 1 is 0.930 bits per heavy atom. The molecular formula is C31H26Cl2N4O5S. The van der Waals surface area contributed by atoms with Crippen molar-refractivity contribution in [3.8, 4) is 34.4 Å². The van der Waals surface area contributed by atoms with Crippen LogP contribution in [0.4, 0.5) is 11.4 Å². The number of rotatable bonds is 10. The molecule has 0 atom stereocenters. The second-order valence-corrected chi connectivity index (χ2v) is 10.8. The molecule has 0 saturated heterocycles. The summed E-state index contributed by atoms with van der Waals surface area (Å²) in [6, 6.07) is 19.0. The summed E-state index contributed by atoms with van der Waals surface area (Å²) in [6.45, 7) is 1.68. The topological polar surface area (TPSA) is 123 Å². The molecule has 12 heteroatoms. The molecule has 0 fully saturated rings. The minimum absolute atomic E-state index is 0.0897. The largest absolute Gasteiger partial charge is 0.497 e. The number of halogens is 2. The molecule has 220 valence electrons. The number of amides is 2. The Hall–Kier alpha value is -4.43. The standard InChI is InChI=1S/C31H26Cl2N4O5S/c1-17-28(30(39)36-20-9-7-19(32)8-10-20)29(18-5-11-21(40-2)12-6-18)22(15-34)31(35-17)43-16-27(38)37-24-14-25(41-3)23(33)13-26(24)42-4/h5-14H,16H2,1-4H3,(H,36,39)(H,37,38). The maximum atomic E-state index is 13.6. The SMILES string of the molecule is COc1ccc(-c2c(C#N)c(SCC(=O)Nc3cc(OC)c(Cl)cc3OC)nc(C)c2C(=O)Nc2ccc(Cl)cc2)cc1. The van der Waals surface area contributed by atoms with Crippen LogP contribution in [0.5, 0.6) is 17.2 Å². The summed E-state index contributed by atoms with van der Waals surface area (Å²) >= 11 is 13.2. The first kappa shape index (κ1) is 31.5. The number of hydrogen-bond acceptors (Lipinski definition) is 8. The lowest BCUT2D eigenvalue weighted by molar-refractivity contribution is -0.113. The van der Waals surface area contributed by atoms with Crippen molar-refractivity contribution in [2.45, 2.75) is 11.9 Å². The highest BCUT2D eigenvalue weighted by molar-refractivity contribution is 8.00. The lowest BCUT2D eigenvalue weighted by Gasteiger charge is -2.17. The third-order valence-electron chi connectivity index (χ3n) is 6.25. The number of thioether (sulfide) groups is 1. The van der Waals surface area contributed by atoms with Gasteiger partial charge in [0.15, 0.2) is 0 Å². The molecular weight excluding hydrogens is 611 g/mol. The van der Waals surface area contributed by atoms with Crippen LogP contribution in [0.3, 0.4) is 0 Å². The number of aromatic nitrogens is 1. The van der Waals surface area contributed by atoms with Gasteiger partial charge in [0.1, 0.15) is 28.3 Å². The van der Waals surface area contributed by atoms with Crippen molar-refractivity contribution in [3.63, 3.8) is 0 Å². The number of aryl methyl sites for hydroxylation is 1. The Morgan fingerprint density at radius 3 is 2.21 bits per heavy atom. The van der Waals surface area contributed by atoms with Gasteiger partial charge in [-0.15, -0.1) is 0 Å². The zero-order valence-corrected chi connectivity index (χ0v) is 25.9. The van der Waals surface area contributed by atoms with E-state index >= 15 is 0 Å². The highest BCUT2D eigenvalue weighted by Crippen LogP contribution is 2.38. The van der Waals surface area contributed by atoms with Crippen LogP contribution in [-0.2, 0) is 4.79 Å². The van der Waals surface area contributed by atoms with Gasteiger partial charge in [-0.05, 0) is 48.9 Å². The highest BCUT2D eigenvalue weighted by atomic mass is 35.5. The Labute approximate surface area is 263 Å². The van der Waals surface area contributed by atoms with E-state index in [1.807, 2.05) is 0 Å². The van der Waals surface area contributed by atoms with Crippen LogP contribution in [0, 0.1) is 18.3 Å². The van der Waals surface area contributed by atoms with Crippen molar-refractivity contribution in [2.24, 2.45) is 0 Å². The van der Waals surface area contributed by atoms with E-state index in [2.05, 4.69) is 21.7 Å². The van der Waals surface area contributed by atoms with E-state index in [0.29, 0.717) is 60.5 Å². The van der Waals surface area contributed by atoms with Crippen LogP contribution >= 0.6 is 35.0 Å². The Morgan fingerprint density at radius 2 is 1.60 bits per heavy atom. The Bertz CT molecular complexity index is 1710. The van der Waals surface area contributed by atoms with E-state index < -0.39 is 5.91 Å². The molecule has 2 N–H and O–H groups in total. The second-order valence-electron chi connectivity index (χ2n) is 8.95. The fraction of sp³-hybridized carbons (Fsp3) is 0.161. The highest BCUT2D eigenvalue weighted by Gasteiger charge is 2.25. The van der Waals surface area contributed by atoms with Crippen molar-refractivity contribution in [1.82, 2.24) is 4.98 Å². The molecule has 0 spiro atoms. The van der Waals surface area contributed by atoms with E-state index in [9.17, 15) is 14.9 Å². The zero-order chi connectivity index (χ0) is 31.1. The molecule has 1 aromatic heterocycles. The molecule has 4 aromatic rings. The van der Waals surface area contributed by atoms with Gasteiger partial charge < -0.3 is 24.8 Å². The second kappa shape index (κ2) is 14.2. The fourth-order valence-electron chi connectivity index (χ4n) is 4.21. The fourth-order valence-corrected chi connectivity index (χ4v) is 5.40. The third kappa shape index (κ3) is 7.32. The van der Waals surface area contributed by atoms with Gasteiger partial charge in [-0.1, -0.05) is 47.1 Å². The van der Waals surface area contributed by atoms with Gasteiger partial charge in [-0.25, -0.2) is 4.98 Å². The molecule has 0 aliphatic carbocycles. The van der Waals surface area contributed by atoms with Crippen molar-refractivity contribution < 1.29 is 23.8 Å². The quantitative estimate of drug-likeness (QED) is 0.175. The van der Waals surface area contributed by atoms with Crippen LogP contribution in [0.25, 0.3) is 11.1 Å². The molecule has 0 unspecified atom stereocenters. The third-order valence-corrected chi connectivity index (χ3v) is 7.78. The van der Waals surface area contributed by atoms with Gasteiger partial charge in [0.05, 0.1) is 54.6 Å². The molecule has 1 heterocycles. The number of methoxy groups -OCH3 is 3. The van der Waals surface area contributed by atoms with E-state index in [1.165, 1.54) is 20.3 Å². The number of carbonyl (C=O) groups is 2. The number of ether oxygens (including phenoxy) is 3. The average molecular weight is 638 g/mol. The number of nitrogens with one attached hydrogen (secondary N) is 2. The normalized spacial score (nSPS) is 10.4. The van der Waals surface area contributed by atoms with Crippen LogP contribution in [0.15, 0.2) is 65.7 Å². The molecule has 43 heavy (non-hydrogen) atoms. The van der Waals surface area contributed by atoms with Gasteiger partial charge >= 0.3 is 0 Å². The smallest absolute Gasteiger partial charge is 0.258 e. The van der Waals surface area contributed by atoms with Crippen molar-refractivity contribution >= 4 is 58.2 Å². The first-order valence-electron chi connectivity index (χ1n) is 12.7. The molecule has 0 aliphatic heterocycles. The monoisotopic (exact) mass is 636 g/mol. The first-order valence-corrected chi connectivity index (χ1v) is 14.4. The summed E-state index contributed by atoms with van der Waals surface area (Å²) in [6.07, 6.45) is 0. The van der Waals surface area contributed by atoms with Gasteiger partial charge in [0.2, 0.25) is 5.91 Å². The summed E-state index contributed by atoms with van der Waals surface area (Å²) in [5.74, 6) is 0.410. The van der Waals surface area contributed by atoms with E-state index in [0.717, 1.165) is 11.8 Å². The molecule has 0 bridgehead atoms. The number of pyridine rings is 1. The number of carbonyl (C=O) groups excluding carboxylic acids is 2. The Balaban J connectivity index is 1.70. The minimum Gasteiger partial charge on any atom is -0.497 e. The lowest BCUT2D eigenvalue weighted by Crippen LogP contribution is -2.18. The molecule has 2 amide bonds. The number of nitrogens with zero attached hydrogens (tertiary/aromatic N) is 2. The molecule has 0 saturated carbocycles. The zero-order valence-electron chi connectivity index (χ0n) is 23.6. The number of nitriles is 1. The first-order chi connectivity index (χ1) is 20.7. The predicted molar refractivity (Wildman–Crippen MR) is 169 cm³/mol. The van der Waals surface area contributed by atoms with Crippen molar-refractivity contribution in [1.29, 1.82) is 5.26 Å². The maximum absolute atomic E-state index is 13.6. The number of hydrogen-bond donors (Lipinski definition) is 2. The maximum Gasteiger partial charge on any atom is 0.258 e. The van der Waals surface area contributed by atoms with Gasteiger partial charge in [0.25, 0.3) is 5.91 Å². The van der Waals surface area contributed by atoms with Crippen LogP contribution < -0.4 is 24.8 Å². The van der Waals surface area contributed by atoms with E-state index in [-0.39, 0.29) is 22.8 Å². The summed E-state index contributed by atoms with van der Waals surface area (Å²) < 4.78 is 15.9. The number of benzene rings is 3. The van der Waals surface area contributed by atoms with E-state index in [4.69, 9.17) is 37.4 Å². The van der Waals surface area contributed by atoms with Crippen LogP contribution in [0.2, 0.25) is 10.0 Å². The molecule has 0 radical (unpaired) electrons. The number of anilines is 2. The average Bonchev–Trinajstić information content (AvgIpc) is 3.01. The van der Waals surface area contributed by atoms with Gasteiger partial charge in [-0.2, -0.15) is 5.26 Å². The Kier molecular flexibility index (Phi) is 10.4. The summed E-state index contributed by atoms with van der Waals surface area (Å²) in [5.41, 5.74) is 2.64. The lowest BCUT2D eigenvalue weighted by atomic mass is 9.94. The van der Waals surface area contributed by atoms with Crippen LogP contribution in [-0.4, -0.2) is 43.9 Å². The van der Waals surface area contributed by atoms with Crippen molar-refractivity contribution in [3.05, 3.63) is 87.5 Å². The predicted octanol–water partition coefficient (Wildman–Crippen LogP) is 7.24. The summed E-state index contributed by atoms with van der Waals surface area (Å²) in [7, 11) is 4.47. The molecule has 4 rings (SSSR count). The van der Waals surface area contributed by atoms with E-state index in [1.54, 1.807) is 68.6 Å². The summed E-state index contributed by atoms with van der Waals surface area (Å²) in [4.78, 5) is 31.2. The van der Waals surface area contributed by atoms with Crippen molar-refractivity contribution in [2.75, 3.05) is 37.7 Å².